The SMILES string of the molecule is O=C(Cc1ccc(Cl)cc1)NC[C@@H](c1ccc2c(c1)OCO2)N1CCOCC1. The van der Waals surface area contributed by atoms with E-state index in [4.69, 9.17) is 25.8 Å². The highest BCUT2D eigenvalue weighted by Crippen LogP contribution is 2.35. The van der Waals surface area contributed by atoms with Gasteiger partial charge in [0.15, 0.2) is 11.5 Å². The third-order valence-electron chi connectivity index (χ3n) is 5.04. The number of carbonyl (C=O) groups is 1. The number of hydrogen-bond donors (Lipinski definition) is 1. The van der Waals surface area contributed by atoms with E-state index >= 15 is 0 Å². The molecule has 0 radical (unpaired) electrons. The van der Waals surface area contributed by atoms with Crippen molar-refractivity contribution in [1.82, 2.24) is 10.2 Å². The lowest BCUT2D eigenvalue weighted by molar-refractivity contribution is -0.120. The number of rotatable bonds is 6. The lowest BCUT2D eigenvalue weighted by Gasteiger charge is -2.35. The summed E-state index contributed by atoms with van der Waals surface area (Å²) in [6.07, 6.45) is 0.328. The Kier molecular flexibility index (Phi) is 6.00. The van der Waals surface area contributed by atoms with E-state index in [1.165, 1.54) is 0 Å². The summed E-state index contributed by atoms with van der Waals surface area (Å²) in [5.74, 6) is 1.50. The number of halogens is 1. The average molecular weight is 403 g/mol. The summed E-state index contributed by atoms with van der Waals surface area (Å²) < 4.78 is 16.4. The van der Waals surface area contributed by atoms with Gasteiger partial charge in [0.1, 0.15) is 0 Å². The van der Waals surface area contributed by atoms with Crippen LogP contribution in [0.15, 0.2) is 42.5 Å². The van der Waals surface area contributed by atoms with E-state index in [0.717, 1.165) is 35.7 Å². The molecule has 28 heavy (non-hydrogen) atoms. The van der Waals surface area contributed by atoms with E-state index in [2.05, 4.69) is 10.2 Å². The van der Waals surface area contributed by atoms with E-state index in [1.807, 2.05) is 30.3 Å². The van der Waals surface area contributed by atoms with Gasteiger partial charge >= 0.3 is 0 Å². The van der Waals surface area contributed by atoms with Crippen LogP contribution >= 0.6 is 11.6 Å². The molecular formula is C21H23ClN2O4. The first kappa shape index (κ1) is 19.1. The van der Waals surface area contributed by atoms with E-state index in [1.54, 1.807) is 12.1 Å². The van der Waals surface area contributed by atoms with Crippen molar-refractivity contribution in [2.24, 2.45) is 0 Å². The Morgan fingerprint density at radius 3 is 2.61 bits per heavy atom. The van der Waals surface area contributed by atoms with Crippen LogP contribution in [0.5, 0.6) is 11.5 Å². The second-order valence-electron chi connectivity index (χ2n) is 6.88. The molecule has 0 spiro atoms. The summed E-state index contributed by atoms with van der Waals surface area (Å²) >= 11 is 5.91. The second-order valence-corrected chi connectivity index (χ2v) is 7.32. The van der Waals surface area contributed by atoms with Crippen molar-refractivity contribution in [3.63, 3.8) is 0 Å². The van der Waals surface area contributed by atoms with Crippen LogP contribution in [0.25, 0.3) is 0 Å². The summed E-state index contributed by atoms with van der Waals surface area (Å²) in [5, 5.41) is 3.75. The number of ether oxygens (including phenoxy) is 3. The molecule has 0 aliphatic carbocycles. The summed E-state index contributed by atoms with van der Waals surface area (Å²) in [4.78, 5) is 14.8. The molecule has 1 amide bonds. The molecule has 0 aromatic heterocycles. The topological polar surface area (TPSA) is 60.0 Å². The Bertz CT molecular complexity index is 822. The van der Waals surface area contributed by atoms with Crippen molar-refractivity contribution in [1.29, 1.82) is 0 Å². The Hall–Kier alpha value is -2.28. The lowest BCUT2D eigenvalue weighted by atomic mass is 10.0. The van der Waals surface area contributed by atoms with Crippen LogP contribution in [-0.2, 0) is 16.0 Å². The quantitative estimate of drug-likeness (QED) is 0.805. The third-order valence-corrected chi connectivity index (χ3v) is 5.29. The Balaban J connectivity index is 1.44. The molecule has 0 bridgehead atoms. The van der Waals surface area contributed by atoms with Gasteiger partial charge in [-0.1, -0.05) is 29.8 Å². The maximum atomic E-state index is 12.5. The van der Waals surface area contributed by atoms with E-state index in [9.17, 15) is 4.79 Å². The third kappa shape index (κ3) is 4.58. The molecule has 2 aliphatic heterocycles. The first-order valence-electron chi connectivity index (χ1n) is 9.41. The van der Waals surface area contributed by atoms with Crippen molar-refractivity contribution >= 4 is 17.5 Å². The van der Waals surface area contributed by atoms with Crippen molar-refractivity contribution in [3.05, 3.63) is 58.6 Å². The average Bonchev–Trinajstić information content (AvgIpc) is 3.19. The van der Waals surface area contributed by atoms with E-state index in [0.29, 0.717) is 31.2 Å². The van der Waals surface area contributed by atoms with E-state index in [-0.39, 0.29) is 18.7 Å². The maximum absolute atomic E-state index is 12.5. The minimum absolute atomic E-state index is 0.0127. The number of carbonyl (C=O) groups excluding carboxylic acids is 1. The first-order chi connectivity index (χ1) is 13.7. The zero-order valence-electron chi connectivity index (χ0n) is 15.5. The largest absolute Gasteiger partial charge is 0.454 e. The number of benzene rings is 2. The Morgan fingerprint density at radius 2 is 1.82 bits per heavy atom. The van der Waals surface area contributed by atoms with Crippen LogP contribution in [0.3, 0.4) is 0 Å². The van der Waals surface area contributed by atoms with Gasteiger partial charge in [-0.25, -0.2) is 0 Å². The molecule has 2 aromatic carbocycles. The van der Waals surface area contributed by atoms with Crippen molar-refractivity contribution in [2.75, 3.05) is 39.6 Å². The molecule has 2 aromatic rings. The summed E-state index contributed by atoms with van der Waals surface area (Å²) in [7, 11) is 0. The van der Waals surface area contributed by atoms with Crippen LogP contribution in [0, 0.1) is 0 Å². The Morgan fingerprint density at radius 1 is 1.07 bits per heavy atom. The normalized spacial score (nSPS) is 17.3. The van der Waals surface area contributed by atoms with Crippen molar-refractivity contribution in [3.8, 4) is 11.5 Å². The van der Waals surface area contributed by atoms with Gasteiger partial charge in [-0.3, -0.25) is 9.69 Å². The Labute approximate surface area is 169 Å². The molecule has 1 fully saturated rings. The highest BCUT2D eigenvalue weighted by Gasteiger charge is 2.25. The van der Waals surface area contributed by atoms with Gasteiger partial charge in [-0.05, 0) is 35.4 Å². The monoisotopic (exact) mass is 402 g/mol. The molecule has 0 saturated carbocycles. The zero-order valence-corrected chi connectivity index (χ0v) is 16.3. The summed E-state index contributed by atoms with van der Waals surface area (Å²) in [5.41, 5.74) is 2.03. The molecule has 1 saturated heterocycles. The zero-order chi connectivity index (χ0) is 19.3. The number of nitrogens with one attached hydrogen (secondary N) is 1. The van der Waals surface area contributed by atoms with Crippen molar-refractivity contribution < 1.29 is 19.0 Å². The number of nitrogens with zero attached hydrogens (tertiary/aromatic N) is 1. The summed E-state index contributed by atoms with van der Waals surface area (Å²) in [6, 6.07) is 13.4. The van der Waals surface area contributed by atoms with Gasteiger partial charge in [0.25, 0.3) is 0 Å². The van der Waals surface area contributed by atoms with Crippen LogP contribution in [-0.4, -0.2) is 50.4 Å². The molecular weight excluding hydrogens is 380 g/mol. The molecule has 2 aliphatic rings. The standard InChI is InChI=1S/C21H23ClN2O4/c22-17-4-1-15(2-5-17)11-21(25)23-13-18(24-7-9-26-10-8-24)16-3-6-19-20(12-16)28-14-27-19/h1-6,12,18H,7-11,13-14H2,(H,23,25)/t18-/m0/s1. The number of amides is 1. The van der Waals surface area contributed by atoms with Gasteiger partial charge < -0.3 is 19.5 Å². The smallest absolute Gasteiger partial charge is 0.231 e. The van der Waals surface area contributed by atoms with Crippen LogP contribution < -0.4 is 14.8 Å². The summed E-state index contributed by atoms with van der Waals surface area (Å²) in [6.45, 7) is 3.81. The molecule has 6 nitrogen and oxygen atoms in total. The molecule has 1 N–H and O–H groups in total. The minimum atomic E-state index is -0.0127. The van der Waals surface area contributed by atoms with Gasteiger partial charge in [-0.2, -0.15) is 0 Å². The number of morpholine rings is 1. The van der Waals surface area contributed by atoms with Crippen LogP contribution in [0.1, 0.15) is 17.2 Å². The highest BCUT2D eigenvalue weighted by atomic mass is 35.5. The highest BCUT2D eigenvalue weighted by molar-refractivity contribution is 6.30. The molecule has 4 rings (SSSR count). The molecule has 2 heterocycles. The molecule has 7 heteroatoms. The van der Waals surface area contributed by atoms with Gasteiger partial charge in [-0.15, -0.1) is 0 Å². The van der Waals surface area contributed by atoms with Crippen molar-refractivity contribution in [2.45, 2.75) is 12.5 Å². The fourth-order valence-corrected chi connectivity index (χ4v) is 3.65. The van der Waals surface area contributed by atoms with Gasteiger partial charge in [0, 0.05) is 24.7 Å². The fourth-order valence-electron chi connectivity index (χ4n) is 3.53. The van der Waals surface area contributed by atoms with Crippen LogP contribution in [0.4, 0.5) is 0 Å². The lowest BCUT2D eigenvalue weighted by Crippen LogP contribution is -2.44. The number of fused-ring (bicyclic) bond motifs is 1. The minimum Gasteiger partial charge on any atom is -0.454 e. The predicted molar refractivity (Wildman–Crippen MR) is 106 cm³/mol. The maximum Gasteiger partial charge on any atom is 0.231 e. The molecule has 1 atom stereocenters. The molecule has 148 valence electrons. The van der Waals surface area contributed by atoms with E-state index < -0.39 is 0 Å². The molecule has 0 unspecified atom stereocenters. The predicted octanol–water partition coefficient (Wildman–Crippen LogP) is 2.80. The fraction of sp³-hybridized carbons (Fsp3) is 0.381. The number of hydrogen-bond acceptors (Lipinski definition) is 5. The van der Waals surface area contributed by atoms with Gasteiger partial charge in [0.2, 0.25) is 12.7 Å². The second kappa shape index (κ2) is 8.82. The van der Waals surface area contributed by atoms with Crippen LogP contribution in [0.2, 0.25) is 5.02 Å². The first-order valence-corrected chi connectivity index (χ1v) is 9.79. The van der Waals surface area contributed by atoms with Gasteiger partial charge in [0.05, 0.1) is 25.7 Å².